The zero-order valence-corrected chi connectivity index (χ0v) is 16.5. The van der Waals surface area contributed by atoms with Gasteiger partial charge >= 0.3 is 0 Å². The molecule has 3 rings (SSSR count). The Hall–Kier alpha value is -2.62. The normalized spacial score (nSPS) is 20.1. The van der Waals surface area contributed by atoms with Gasteiger partial charge in [0.2, 0.25) is 0 Å². The largest absolute Gasteiger partial charge is 0.507 e. The van der Waals surface area contributed by atoms with Gasteiger partial charge in [-0.1, -0.05) is 12.1 Å². The molecule has 2 N–H and O–H groups in total. The van der Waals surface area contributed by atoms with Crippen LogP contribution >= 0.6 is 0 Å². The van der Waals surface area contributed by atoms with Gasteiger partial charge in [0, 0.05) is 23.6 Å². The summed E-state index contributed by atoms with van der Waals surface area (Å²) in [4.78, 5) is 9.45. The highest BCUT2D eigenvalue weighted by atomic mass is 16.3. The molecule has 2 atom stereocenters. The number of nitrogens with zero attached hydrogens (tertiary/aromatic N) is 2. The standard InChI is InChI=1S/C23H28N2O2/c1-14-8-16(3)22(26)18(10-14)12-24-20-6-5-7-21(20)25-13-19-11-15(2)9-17(4)23(19)27/h8-13,20-21,26-27H,5-7H2,1-4H3/t20-,21-/m1/s1. The van der Waals surface area contributed by atoms with Gasteiger partial charge in [0.25, 0.3) is 0 Å². The van der Waals surface area contributed by atoms with Crippen LogP contribution in [0.1, 0.15) is 52.6 Å². The van der Waals surface area contributed by atoms with Crippen LogP contribution in [0.3, 0.4) is 0 Å². The predicted octanol–water partition coefficient (Wildman–Crippen LogP) is 4.79. The monoisotopic (exact) mass is 364 g/mol. The molecule has 4 nitrogen and oxygen atoms in total. The fourth-order valence-corrected chi connectivity index (χ4v) is 3.80. The molecule has 2 aromatic carbocycles. The van der Waals surface area contributed by atoms with Crippen LogP contribution in [0.15, 0.2) is 34.3 Å². The molecule has 1 fully saturated rings. The van der Waals surface area contributed by atoms with Crippen LogP contribution < -0.4 is 0 Å². The van der Waals surface area contributed by atoms with Gasteiger partial charge in [-0.25, -0.2) is 0 Å². The van der Waals surface area contributed by atoms with Crippen LogP contribution in [0.2, 0.25) is 0 Å². The van der Waals surface area contributed by atoms with Crippen molar-refractivity contribution in [2.45, 2.75) is 59.0 Å². The van der Waals surface area contributed by atoms with E-state index < -0.39 is 0 Å². The van der Waals surface area contributed by atoms with E-state index in [4.69, 9.17) is 9.98 Å². The number of phenolic OH excluding ortho intramolecular Hbond substituents is 2. The fraction of sp³-hybridized carbons (Fsp3) is 0.391. The quantitative estimate of drug-likeness (QED) is 0.766. The third-order valence-electron chi connectivity index (χ3n) is 5.20. The molecule has 0 heterocycles. The van der Waals surface area contributed by atoms with Crippen molar-refractivity contribution in [3.63, 3.8) is 0 Å². The van der Waals surface area contributed by atoms with Crippen LogP contribution in [-0.4, -0.2) is 34.7 Å². The molecule has 142 valence electrons. The van der Waals surface area contributed by atoms with E-state index >= 15 is 0 Å². The van der Waals surface area contributed by atoms with Gasteiger partial charge < -0.3 is 10.2 Å². The molecule has 0 unspecified atom stereocenters. The number of benzene rings is 2. The number of aromatic hydroxyl groups is 2. The predicted molar refractivity (Wildman–Crippen MR) is 112 cm³/mol. The molecule has 0 radical (unpaired) electrons. The lowest BCUT2D eigenvalue weighted by atomic mass is 10.1. The van der Waals surface area contributed by atoms with Gasteiger partial charge in [-0.05, 0) is 81.3 Å². The Bertz CT molecular complexity index is 826. The molecular weight excluding hydrogens is 336 g/mol. The Morgan fingerprint density at radius 1 is 0.741 bits per heavy atom. The average molecular weight is 364 g/mol. The van der Waals surface area contributed by atoms with Crippen LogP contribution in [0.5, 0.6) is 11.5 Å². The second kappa shape index (κ2) is 7.95. The second-order valence-corrected chi connectivity index (χ2v) is 7.66. The molecule has 0 amide bonds. The Morgan fingerprint density at radius 3 is 1.56 bits per heavy atom. The minimum atomic E-state index is 0.106. The van der Waals surface area contributed by atoms with Crippen molar-refractivity contribution in [3.05, 3.63) is 57.6 Å². The van der Waals surface area contributed by atoms with E-state index in [1.165, 1.54) is 0 Å². The molecule has 27 heavy (non-hydrogen) atoms. The minimum Gasteiger partial charge on any atom is -0.507 e. The molecule has 0 saturated heterocycles. The van der Waals surface area contributed by atoms with E-state index in [9.17, 15) is 10.2 Å². The van der Waals surface area contributed by atoms with Gasteiger partial charge in [-0.2, -0.15) is 0 Å². The summed E-state index contributed by atoms with van der Waals surface area (Å²) >= 11 is 0. The number of phenols is 2. The van der Waals surface area contributed by atoms with E-state index in [1.807, 2.05) is 52.0 Å². The second-order valence-electron chi connectivity index (χ2n) is 7.66. The summed E-state index contributed by atoms with van der Waals surface area (Å²) in [5, 5.41) is 20.5. The summed E-state index contributed by atoms with van der Waals surface area (Å²) in [7, 11) is 0. The smallest absolute Gasteiger partial charge is 0.127 e. The average Bonchev–Trinajstić information content (AvgIpc) is 3.06. The maximum Gasteiger partial charge on any atom is 0.127 e. The Balaban J connectivity index is 1.78. The third kappa shape index (κ3) is 4.38. The van der Waals surface area contributed by atoms with Crippen LogP contribution in [0, 0.1) is 27.7 Å². The van der Waals surface area contributed by atoms with Gasteiger partial charge in [0.05, 0.1) is 12.1 Å². The molecular formula is C23H28N2O2. The Labute approximate surface area is 161 Å². The SMILES string of the molecule is Cc1cc(C)c(O)c(C=N[C@@H]2CCC[C@H]2N=Cc2cc(C)cc(C)c2O)c1. The molecule has 1 aliphatic carbocycles. The maximum atomic E-state index is 10.2. The van der Waals surface area contributed by atoms with Gasteiger partial charge in [0.15, 0.2) is 0 Å². The lowest BCUT2D eigenvalue weighted by Gasteiger charge is -2.12. The maximum absolute atomic E-state index is 10.2. The van der Waals surface area contributed by atoms with E-state index in [0.29, 0.717) is 11.5 Å². The first kappa shape index (κ1) is 19.2. The zero-order valence-electron chi connectivity index (χ0n) is 16.5. The van der Waals surface area contributed by atoms with Crippen LogP contribution in [0.4, 0.5) is 0 Å². The summed E-state index contributed by atoms with van der Waals surface area (Å²) in [5.41, 5.74) is 5.46. The highest BCUT2D eigenvalue weighted by molar-refractivity contribution is 5.85. The topological polar surface area (TPSA) is 65.2 Å². The summed E-state index contributed by atoms with van der Waals surface area (Å²) in [5.74, 6) is 0.588. The minimum absolute atomic E-state index is 0.106. The zero-order chi connectivity index (χ0) is 19.6. The number of hydrogen-bond donors (Lipinski definition) is 2. The molecule has 0 aromatic heterocycles. The van der Waals surface area contributed by atoms with E-state index in [1.54, 1.807) is 12.4 Å². The molecule has 4 heteroatoms. The number of hydrogen-bond acceptors (Lipinski definition) is 4. The van der Waals surface area contributed by atoms with Gasteiger partial charge in [-0.3, -0.25) is 9.98 Å². The van der Waals surface area contributed by atoms with Crippen LogP contribution in [-0.2, 0) is 0 Å². The first-order chi connectivity index (χ1) is 12.8. The molecule has 1 saturated carbocycles. The summed E-state index contributed by atoms with van der Waals surface area (Å²) in [6.45, 7) is 7.84. The highest BCUT2D eigenvalue weighted by Crippen LogP contribution is 2.28. The van der Waals surface area contributed by atoms with Crippen molar-refractivity contribution in [1.29, 1.82) is 0 Å². The van der Waals surface area contributed by atoms with Gasteiger partial charge in [0.1, 0.15) is 11.5 Å². The highest BCUT2D eigenvalue weighted by Gasteiger charge is 2.25. The first-order valence-corrected chi connectivity index (χ1v) is 9.52. The molecule has 0 aliphatic heterocycles. The lowest BCUT2D eigenvalue weighted by Crippen LogP contribution is -2.16. The van der Waals surface area contributed by atoms with E-state index in [0.717, 1.165) is 52.6 Å². The van der Waals surface area contributed by atoms with Crippen molar-refractivity contribution >= 4 is 12.4 Å². The summed E-state index contributed by atoms with van der Waals surface area (Å²) in [6.07, 6.45) is 6.62. The fourth-order valence-electron chi connectivity index (χ4n) is 3.80. The number of aliphatic imine (C=N–C) groups is 2. The molecule has 1 aliphatic rings. The lowest BCUT2D eigenvalue weighted by molar-refractivity contribution is 0.469. The first-order valence-electron chi connectivity index (χ1n) is 9.52. The van der Waals surface area contributed by atoms with Crippen LogP contribution in [0.25, 0.3) is 0 Å². The van der Waals surface area contributed by atoms with Crippen molar-refractivity contribution in [1.82, 2.24) is 0 Å². The Morgan fingerprint density at radius 2 is 1.15 bits per heavy atom. The number of rotatable bonds is 4. The van der Waals surface area contributed by atoms with E-state index in [-0.39, 0.29) is 12.1 Å². The molecule has 0 bridgehead atoms. The summed E-state index contributed by atoms with van der Waals surface area (Å²) < 4.78 is 0. The number of aryl methyl sites for hydroxylation is 4. The summed E-state index contributed by atoms with van der Waals surface area (Å²) in [6, 6.07) is 8.04. The Kier molecular flexibility index (Phi) is 5.64. The van der Waals surface area contributed by atoms with Crippen molar-refractivity contribution in [3.8, 4) is 11.5 Å². The van der Waals surface area contributed by atoms with E-state index in [2.05, 4.69) is 0 Å². The molecule has 2 aromatic rings. The van der Waals surface area contributed by atoms with Crippen molar-refractivity contribution in [2.24, 2.45) is 9.98 Å². The van der Waals surface area contributed by atoms with Crippen molar-refractivity contribution < 1.29 is 10.2 Å². The molecule has 0 spiro atoms. The third-order valence-corrected chi connectivity index (χ3v) is 5.20. The van der Waals surface area contributed by atoms with Gasteiger partial charge in [-0.15, -0.1) is 0 Å². The van der Waals surface area contributed by atoms with Crippen molar-refractivity contribution in [2.75, 3.05) is 0 Å².